The van der Waals surface area contributed by atoms with Gasteiger partial charge in [0.05, 0.1) is 13.3 Å². The van der Waals surface area contributed by atoms with Crippen molar-refractivity contribution in [3.63, 3.8) is 0 Å². The third-order valence-electron chi connectivity index (χ3n) is 6.06. The second-order valence-electron chi connectivity index (χ2n) is 8.07. The number of aromatic nitrogens is 5. The lowest BCUT2D eigenvalue weighted by atomic mass is 9.82. The quantitative estimate of drug-likeness (QED) is 0.476. The van der Waals surface area contributed by atoms with Gasteiger partial charge in [-0.1, -0.05) is 6.07 Å². The van der Waals surface area contributed by atoms with Crippen molar-refractivity contribution in [1.29, 1.82) is 0 Å². The third-order valence-corrected chi connectivity index (χ3v) is 6.06. The predicted molar refractivity (Wildman–Crippen MR) is 117 cm³/mol. The summed E-state index contributed by atoms with van der Waals surface area (Å²) in [6, 6.07) is 7.56. The van der Waals surface area contributed by atoms with Gasteiger partial charge in [0.1, 0.15) is 17.1 Å². The van der Waals surface area contributed by atoms with Crippen LogP contribution in [0.3, 0.4) is 0 Å². The predicted octanol–water partition coefficient (Wildman–Crippen LogP) is 3.72. The molecule has 0 aliphatic heterocycles. The van der Waals surface area contributed by atoms with E-state index in [0.717, 1.165) is 42.3 Å². The Kier molecular flexibility index (Phi) is 5.53. The molecule has 4 aromatic rings. The number of hydrogen-bond donors (Lipinski definition) is 2. The Hall–Kier alpha value is -3.75. The molecule has 3 aromatic heterocycles. The molecular formula is C23H24N6O3. The summed E-state index contributed by atoms with van der Waals surface area (Å²) in [5, 5.41) is 12.3. The van der Waals surface area contributed by atoms with Gasteiger partial charge >= 0.3 is 0 Å². The summed E-state index contributed by atoms with van der Waals surface area (Å²) in [6.45, 7) is 0.646. The van der Waals surface area contributed by atoms with Crippen LogP contribution in [0.1, 0.15) is 48.0 Å². The van der Waals surface area contributed by atoms with Gasteiger partial charge in [0.25, 0.3) is 11.8 Å². The van der Waals surface area contributed by atoms with Gasteiger partial charge in [-0.2, -0.15) is 0 Å². The third kappa shape index (κ3) is 4.05. The number of carbonyl (C=O) groups is 1. The van der Waals surface area contributed by atoms with Crippen molar-refractivity contribution in [3.8, 4) is 17.3 Å². The standard InChI is InChI=1S/C23H24N6O3/c1-31-20-4-2-3-17-16(20)11-18(27-17)21(30)26-12-14-5-7-15(8-6-14)22-28-29-23(32-22)19-13-24-9-10-25-19/h2-4,9-11,13-15,27H,5-8,12H2,1H3,(H,26,30). The lowest BCUT2D eigenvalue weighted by Crippen LogP contribution is -2.31. The number of hydrogen-bond acceptors (Lipinski definition) is 7. The van der Waals surface area contributed by atoms with Gasteiger partial charge < -0.3 is 19.5 Å². The van der Waals surface area contributed by atoms with Crippen LogP contribution in [0.15, 0.2) is 47.3 Å². The summed E-state index contributed by atoms with van der Waals surface area (Å²) >= 11 is 0. The molecule has 0 bridgehead atoms. The maximum absolute atomic E-state index is 12.7. The van der Waals surface area contributed by atoms with Crippen LogP contribution in [-0.4, -0.2) is 44.7 Å². The van der Waals surface area contributed by atoms with E-state index < -0.39 is 0 Å². The van der Waals surface area contributed by atoms with Crippen LogP contribution < -0.4 is 10.1 Å². The molecule has 5 rings (SSSR count). The monoisotopic (exact) mass is 432 g/mol. The number of H-pyrrole nitrogens is 1. The highest BCUT2D eigenvalue weighted by Gasteiger charge is 2.27. The van der Waals surface area contributed by atoms with E-state index in [1.165, 1.54) is 0 Å². The summed E-state index contributed by atoms with van der Waals surface area (Å²) in [5.74, 6) is 2.37. The average Bonchev–Trinajstić information content (AvgIpc) is 3.51. The topological polar surface area (TPSA) is 119 Å². The minimum atomic E-state index is -0.101. The second-order valence-corrected chi connectivity index (χ2v) is 8.07. The van der Waals surface area contributed by atoms with Crippen LogP contribution in [0.25, 0.3) is 22.5 Å². The van der Waals surface area contributed by atoms with Crippen LogP contribution in [-0.2, 0) is 0 Å². The Balaban J connectivity index is 1.15. The number of nitrogens with zero attached hydrogens (tertiary/aromatic N) is 4. The molecule has 2 N–H and O–H groups in total. The van der Waals surface area contributed by atoms with E-state index >= 15 is 0 Å². The summed E-state index contributed by atoms with van der Waals surface area (Å²) < 4.78 is 11.2. The molecule has 0 unspecified atom stereocenters. The zero-order valence-electron chi connectivity index (χ0n) is 17.7. The molecule has 32 heavy (non-hydrogen) atoms. The highest BCUT2D eigenvalue weighted by molar-refractivity contribution is 5.99. The Morgan fingerprint density at radius 1 is 1.22 bits per heavy atom. The van der Waals surface area contributed by atoms with E-state index in [2.05, 4.69) is 30.5 Å². The molecule has 1 amide bonds. The van der Waals surface area contributed by atoms with Crippen LogP contribution in [0.4, 0.5) is 0 Å². The summed E-state index contributed by atoms with van der Waals surface area (Å²) in [6.07, 6.45) is 8.71. The second kappa shape index (κ2) is 8.78. The normalized spacial score (nSPS) is 18.5. The lowest BCUT2D eigenvalue weighted by Gasteiger charge is -2.26. The van der Waals surface area contributed by atoms with Crippen LogP contribution in [0.5, 0.6) is 5.75 Å². The first-order valence-electron chi connectivity index (χ1n) is 10.7. The lowest BCUT2D eigenvalue weighted by molar-refractivity contribution is 0.0938. The summed E-state index contributed by atoms with van der Waals surface area (Å²) in [5.41, 5.74) is 2.01. The smallest absolute Gasteiger partial charge is 0.267 e. The zero-order valence-corrected chi connectivity index (χ0v) is 17.7. The number of nitrogens with one attached hydrogen (secondary N) is 2. The molecule has 0 saturated heterocycles. The van der Waals surface area contributed by atoms with E-state index in [1.54, 1.807) is 25.7 Å². The van der Waals surface area contributed by atoms with Crippen molar-refractivity contribution >= 4 is 16.8 Å². The minimum Gasteiger partial charge on any atom is -0.496 e. The van der Waals surface area contributed by atoms with Gasteiger partial charge in [-0.05, 0) is 49.8 Å². The van der Waals surface area contributed by atoms with Crippen molar-refractivity contribution in [2.75, 3.05) is 13.7 Å². The first-order valence-corrected chi connectivity index (χ1v) is 10.7. The maximum Gasteiger partial charge on any atom is 0.267 e. The van der Waals surface area contributed by atoms with Gasteiger partial charge in [0, 0.05) is 35.8 Å². The highest BCUT2D eigenvalue weighted by Crippen LogP contribution is 2.35. The van der Waals surface area contributed by atoms with E-state index in [0.29, 0.717) is 35.6 Å². The largest absolute Gasteiger partial charge is 0.496 e. The van der Waals surface area contributed by atoms with Gasteiger partial charge in [-0.15, -0.1) is 10.2 Å². The van der Waals surface area contributed by atoms with Gasteiger partial charge in [-0.25, -0.2) is 4.98 Å². The Morgan fingerprint density at radius 3 is 2.88 bits per heavy atom. The fourth-order valence-electron chi connectivity index (χ4n) is 4.29. The fourth-order valence-corrected chi connectivity index (χ4v) is 4.29. The van der Waals surface area contributed by atoms with Crippen molar-refractivity contribution in [2.24, 2.45) is 5.92 Å². The van der Waals surface area contributed by atoms with Crippen molar-refractivity contribution in [3.05, 3.63) is 54.4 Å². The van der Waals surface area contributed by atoms with Gasteiger partial charge in [0.15, 0.2) is 0 Å². The van der Waals surface area contributed by atoms with Gasteiger partial charge in [0.2, 0.25) is 5.89 Å². The van der Waals surface area contributed by atoms with Crippen LogP contribution in [0.2, 0.25) is 0 Å². The number of ether oxygens (including phenoxy) is 1. The number of aromatic amines is 1. The molecule has 1 aliphatic rings. The molecule has 0 atom stereocenters. The maximum atomic E-state index is 12.7. The first-order chi connectivity index (χ1) is 15.7. The van der Waals surface area contributed by atoms with Crippen LogP contribution >= 0.6 is 0 Å². The highest BCUT2D eigenvalue weighted by atomic mass is 16.5. The number of amides is 1. The van der Waals surface area contributed by atoms with E-state index in [-0.39, 0.29) is 11.8 Å². The van der Waals surface area contributed by atoms with Gasteiger partial charge in [-0.3, -0.25) is 9.78 Å². The molecule has 1 aromatic carbocycles. The SMILES string of the molecule is COc1cccc2[nH]c(C(=O)NCC3CCC(c4nnc(-c5cnccn5)o4)CC3)cc12. The van der Waals surface area contributed by atoms with Crippen molar-refractivity contribution < 1.29 is 13.9 Å². The zero-order chi connectivity index (χ0) is 21.9. The molecule has 9 nitrogen and oxygen atoms in total. The molecule has 1 fully saturated rings. The fraction of sp³-hybridized carbons (Fsp3) is 0.348. The number of methoxy groups -OCH3 is 1. The number of rotatable bonds is 6. The van der Waals surface area contributed by atoms with Crippen LogP contribution in [0, 0.1) is 5.92 Å². The Labute approximate surface area is 184 Å². The van der Waals surface area contributed by atoms with Crippen molar-refractivity contribution in [1.82, 2.24) is 30.5 Å². The minimum absolute atomic E-state index is 0.101. The number of fused-ring (bicyclic) bond motifs is 1. The van der Waals surface area contributed by atoms with E-state index in [4.69, 9.17) is 9.15 Å². The molecule has 1 saturated carbocycles. The molecule has 0 spiro atoms. The number of carbonyl (C=O) groups excluding carboxylic acids is 1. The Morgan fingerprint density at radius 2 is 2.09 bits per heavy atom. The Bertz CT molecular complexity index is 1210. The molecule has 1 aliphatic carbocycles. The average molecular weight is 432 g/mol. The first kappa shape index (κ1) is 20.2. The molecular weight excluding hydrogens is 408 g/mol. The van der Waals surface area contributed by atoms with E-state index in [1.807, 2.05) is 24.3 Å². The van der Waals surface area contributed by atoms with E-state index in [9.17, 15) is 4.79 Å². The molecule has 9 heteroatoms. The molecule has 3 heterocycles. The summed E-state index contributed by atoms with van der Waals surface area (Å²) in [7, 11) is 1.63. The molecule has 0 radical (unpaired) electrons. The number of benzene rings is 1. The molecule has 164 valence electrons. The van der Waals surface area contributed by atoms with Crippen molar-refractivity contribution in [2.45, 2.75) is 31.6 Å². The summed E-state index contributed by atoms with van der Waals surface area (Å²) in [4.78, 5) is 24.1.